The summed E-state index contributed by atoms with van der Waals surface area (Å²) in [7, 11) is -2.28. The van der Waals surface area contributed by atoms with Crippen LogP contribution in [0.3, 0.4) is 0 Å². The van der Waals surface area contributed by atoms with Crippen molar-refractivity contribution < 1.29 is 17.9 Å². The van der Waals surface area contributed by atoms with Crippen LogP contribution in [-0.4, -0.2) is 34.7 Å². The molecule has 3 rings (SSSR count). The van der Waals surface area contributed by atoms with Crippen molar-refractivity contribution in [3.8, 4) is 11.5 Å². The lowest BCUT2D eigenvalue weighted by Gasteiger charge is -2.36. The number of hydrogen-bond acceptors (Lipinski definition) is 5. The van der Waals surface area contributed by atoms with Gasteiger partial charge in [-0.25, -0.2) is 8.42 Å². The molecule has 0 spiro atoms. The minimum Gasteiger partial charge on any atom is -0.496 e. The average Bonchev–Trinajstić information content (AvgIpc) is 2.61. The lowest BCUT2D eigenvalue weighted by atomic mass is 10.1. The molecule has 0 saturated carbocycles. The minimum atomic E-state index is -3.80. The molecule has 0 saturated heterocycles. The molecule has 6 nitrogen and oxygen atoms in total. The van der Waals surface area contributed by atoms with Crippen LogP contribution in [-0.2, 0) is 10.0 Å². The fourth-order valence-electron chi connectivity index (χ4n) is 2.98. The Morgan fingerprint density at radius 3 is 2.65 bits per heavy atom. The van der Waals surface area contributed by atoms with Gasteiger partial charge in [-0.15, -0.1) is 0 Å². The van der Waals surface area contributed by atoms with Gasteiger partial charge in [0.25, 0.3) is 10.0 Å². The number of fused-ring (bicyclic) bond motifs is 1. The van der Waals surface area contributed by atoms with E-state index in [1.54, 1.807) is 24.3 Å². The molecule has 1 aliphatic rings. The van der Waals surface area contributed by atoms with Crippen molar-refractivity contribution in [2.24, 2.45) is 5.73 Å². The Labute approximate surface area is 162 Å². The summed E-state index contributed by atoms with van der Waals surface area (Å²) in [6, 6.07) is 8.50. The molecule has 1 aliphatic heterocycles. The van der Waals surface area contributed by atoms with Crippen LogP contribution < -0.4 is 19.5 Å². The Kier molecular flexibility index (Phi) is 5.18. The average molecular weight is 441 g/mol. The number of halogens is 1. The molecule has 0 fully saturated rings. The summed E-state index contributed by atoms with van der Waals surface area (Å²) in [5.41, 5.74) is 7.99. The second-order valence-electron chi connectivity index (χ2n) is 6.21. The van der Waals surface area contributed by atoms with Gasteiger partial charge in [-0.1, -0.05) is 22.0 Å². The number of benzene rings is 2. The molecule has 0 radical (unpaired) electrons. The summed E-state index contributed by atoms with van der Waals surface area (Å²) in [6.45, 7) is 4.11. The maximum absolute atomic E-state index is 13.4. The van der Waals surface area contributed by atoms with Gasteiger partial charge in [0.2, 0.25) is 0 Å². The van der Waals surface area contributed by atoms with Crippen LogP contribution in [0.15, 0.2) is 39.7 Å². The lowest BCUT2D eigenvalue weighted by Crippen LogP contribution is -2.46. The maximum atomic E-state index is 13.4. The second kappa shape index (κ2) is 7.09. The molecule has 0 bridgehead atoms. The topological polar surface area (TPSA) is 81.9 Å². The Morgan fingerprint density at radius 2 is 2.00 bits per heavy atom. The van der Waals surface area contributed by atoms with Gasteiger partial charge < -0.3 is 15.2 Å². The van der Waals surface area contributed by atoms with Crippen molar-refractivity contribution in [1.82, 2.24) is 0 Å². The fourth-order valence-corrected chi connectivity index (χ4v) is 5.04. The van der Waals surface area contributed by atoms with E-state index < -0.39 is 16.1 Å². The fraction of sp³-hybridized carbons (Fsp3) is 0.333. The van der Waals surface area contributed by atoms with Crippen molar-refractivity contribution in [2.75, 3.05) is 24.5 Å². The normalized spacial score (nSPS) is 16.8. The number of nitrogens with two attached hydrogens (primary N) is 1. The van der Waals surface area contributed by atoms with Crippen molar-refractivity contribution in [3.05, 3.63) is 45.9 Å². The molecule has 8 heteroatoms. The molecular weight excluding hydrogens is 420 g/mol. The number of rotatable bonds is 4. The highest BCUT2D eigenvalue weighted by Crippen LogP contribution is 2.41. The third-order valence-electron chi connectivity index (χ3n) is 4.37. The third-order valence-corrected chi connectivity index (χ3v) is 6.61. The number of hydrogen-bond donors (Lipinski definition) is 1. The van der Waals surface area contributed by atoms with Gasteiger partial charge in [-0.3, -0.25) is 4.31 Å². The van der Waals surface area contributed by atoms with E-state index in [1.165, 1.54) is 11.4 Å². The standard InChI is InChI=1S/C18H21BrN2O4S/c1-11-4-5-15(8-17(11)24-3)26(22,23)21-10-14(9-20)25-18-12(2)6-13(19)7-16(18)21/h4-8,14H,9-10,20H2,1-3H3/t14-/m0/s1. The maximum Gasteiger partial charge on any atom is 0.264 e. The van der Waals surface area contributed by atoms with Gasteiger partial charge in [0.1, 0.15) is 17.6 Å². The molecule has 1 atom stereocenters. The van der Waals surface area contributed by atoms with Crippen LogP contribution in [0.1, 0.15) is 11.1 Å². The van der Waals surface area contributed by atoms with Crippen LogP contribution in [0.2, 0.25) is 0 Å². The number of sulfonamides is 1. The van der Waals surface area contributed by atoms with E-state index in [4.69, 9.17) is 15.2 Å². The summed E-state index contributed by atoms with van der Waals surface area (Å²) >= 11 is 3.43. The summed E-state index contributed by atoms with van der Waals surface area (Å²) in [6.07, 6.45) is -0.413. The van der Waals surface area contributed by atoms with E-state index in [0.717, 1.165) is 15.6 Å². The van der Waals surface area contributed by atoms with E-state index in [1.807, 2.05) is 19.9 Å². The number of aryl methyl sites for hydroxylation is 2. The highest BCUT2D eigenvalue weighted by molar-refractivity contribution is 9.10. The zero-order valence-corrected chi connectivity index (χ0v) is 17.2. The summed E-state index contributed by atoms with van der Waals surface area (Å²) < 4.78 is 40.1. The predicted molar refractivity (Wildman–Crippen MR) is 105 cm³/mol. The summed E-state index contributed by atoms with van der Waals surface area (Å²) in [4.78, 5) is 0.168. The Bertz CT molecular complexity index is 946. The van der Waals surface area contributed by atoms with Crippen LogP contribution in [0.5, 0.6) is 11.5 Å². The first-order chi connectivity index (χ1) is 12.3. The summed E-state index contributed by atoms with van der Waals surface area (Å²) in [5, 5.41) is 0. The lowest BCUT2D eigenvalue weighted by molar-refractivity contribution is 0.206. The number of anilines is 1. The van der Waals surface area contributed by atoms with Crippen LogP contribution >= 0.6 is 15.9 Å². The number of nitrogens with zero attached hydrogens (tertiary/aromatic N) is 1. The Balaban J connectivity index is 2.16. The van der Waals surface area contributed by atoms with Crippen LogP contribution in [0.4, 0.5) is 5.69 Å². The van der Waals surface area contributed by atoms with Crippen LogP contribution in [0.25, 0.3) is 0 Å². The van der Waals surface area contributed by atoms with Gasteiger partial charge in [-0.05, 0) is 43.2 Å². The molecule has 0 amide bonds. The van der Waals surface area contributed by atoms with Gasteiger partial charge in [-0.2, -0.15) is 0 Å². The van der Waals surface area contributed by atoms with Crippen LogP contribution in [0, 0.1) is 13.8 Å². The SMILES string of the molecule is COc1cc(S(=O)(=O)N2C[C@H](CN)Oc3c(C)cc(Br)cc32)ccc1C. The highest BCUT2D eigenvalue weighted by Gasteiger charge is 2.35. The first-order valence-electron chi connectivity index (χ1n) is 8.12. The molecule has 26 heavy (non-hydrogen) atoms. The number of methoxy groups -OCH3 is 1. The van der Waals surface area contributed by atoms with Gasteiger partial charge >= 0.3 is 0 Å². The van der Waals surface area contributed by atoms with Gasteiger partial charge in [0.05, 0.1) is 24.2 Å². The number of ether oxygens (including phenoxy) is 2. The largest absolute Gasteiger partial charge is 0.496 e. The first-order valence-corrected chi connectivity index (χ1v) is 10.4. The third kappa shape index (κ3) is 3.28. The van der Waals surface area contributed by atoms with E-state index in [-0.39, 0.29) is 18.0 Å². The van der Waals surface area contributed by atoms with E-state index >= 15 is 0 Å². The molecule has 0 aromatic heterocycles. The van der Waals surface area contributed by atoms with Crippen molar-refractivity contribution >= 4 is 31.6 Å². The quantitative estimate of drug-likeness (QED) is 0.789. The van der Waals surface area contributed by atoms with Gasteiger partial charge in [0.15, 0.2) is 0 Å². The van der Waals surface area contributed by atoms with E-state index in [0.29, 0.717) is 17.2 Å². The molecule has 1 heterocycles. The first kappa shape index (κ1) is 19.0. The predicted octanol–water partition coefficient (Wildman–Crippen LogP) is 2.99. The molecule has 2 aromatic rings. The van der Waals surface area contributed by atoms with E-state index in [9.17, 15) is 8.42 Å². The molecule has 0 unspecified atom stereocenters. The Morgan fingerprint density at radius 1 is 1.27 bits per heavy atom. The molecular formula is C18H21BrN2O4S. The van der Waals surface area contributed by atoms with Crippen molar-refractivity contribution in [3.63, 3.8) is 0 Å². The monoisotopic (exact) mass is 440 g/mol. The van der Waals surface area contributed by atoms with Crippen molar-refractivity contribution in [2.45, 2.75) is 24.8 Å². The molecule has 140 valence electrons. The zero-order chi connectivity index (χ0) is 19.1. The summed E-state index contributed by atoms with van der Waals surface area (Å²) in [5.74, 6) is 1.07. The minimum absolute atomic E-state index is 0.151. The zero-order valence-electron chi connectivity index (χ0n) is 14.8. The molecule has 2 N–H and O–H groups in total. The Hall–Kier alpha value is -1.77. The van der Waals surface area contributed by atoms with Crippen molar-refractivity contribution in [1.29, 1.82) is 0 Å². The molecule has 2 aromatic carbocycles. The van der Waals surface area contributed by atoms with Gasteiger partial charge in [0, 0.05) is 17.1 Å². The molecule has 0 aliphatic carbocycles. The highest BCUT2D eigenvalue weighted by atomic mass is 79.9. The van der Waals surface area contributed by atoms with E-state index in [2.05, 4.69) is 15.9 Å². The second-order valence-corrected chi connectivity index (χ2v) is 8.99. The smallest absolute Gasteiger partial charge is 0.264 e.